The molecule has 0 radical (unpaired) electrons. The highest BCUT2D eigenvalue weighted by Gasteiger charge is 2.27. The number of nitrogens with two attached hydrogens (primary N) is 1. The number of hydrogen-bond donors (Lipinski definition) is 2. The topological polar surface area (TPSA) is 84.7 Å². The second-order valence-electron chi connectivity index (χ2n) is 4.93. The van der Waals surface area contributed by atoms with E-state index in [1.807, 2.05) is 0 Å². The molecule has 0 bridgehead atoms. The molecular weight excluding hydrogens is 329 g/mol. The van der Waals surface area contributed by atoms with Gasteiger partial charge in [-0.15, -0.1) is 0 Å². The maximum Gasteiger partial charge on any atom is 0.242 e. The highest BCUT2D eigenvalue weighted by atomic mass is 35.5. The lowest BCUT2D eigenvalue weighted by atomic mass is 10.3. The highest BCUT2D eigenvalue weighted by molar-refractivity contribution is 6.42. The number of benzene rings is 1. The largest absolute Gasteiger partial charge is 0.488 e. The summed E-state index contributed by atoms with van der Waals surface area (Å²) in [6.45, 7) is 0.882. The fraction of sp³-hybridized carbons (Fsp3) is 0.429. The highest BCUT2D eigenvalue weighted by Crippen LogP contribution is 2.28. The van der Waals surface area contributed by atoms with Gasteiger partial charge in [-0.2, -0.15) is 0 Å². The fourth-order valence-electron chi connectivity index (χ4n) is 2.15. The molecule has 8 heteroatoms. The number of nitrogens with zero attached hydrogens (tertiary/aromatic N) is 1. The summed E-state index contributed by atoms with van der Waals surface area (Å²) in [4.78, 5) is 24.6. The molecule has 1 aliphatic heterocycles. The maximum atomic E-state index is 11.9. The van der Waals surface area contributed by atoms with Gasteiger partial charge in [0.05, 0.1) is 29.7 Å². The van der Waals surface area contributed by atoms with E-state index in [0.717, 1.165) is 6.42 Å². The summed E-state index contributed by atoms with van der Waals surface area (Å²) in [5.41, 5.74) is 5.17. The fourth-order valence-corrected chi connectivity index (χ4v) is 2.44. The molecule has 1 fully saturated rings. The number of rotatable bonds is 5. The maximum absolute atomic E-state index is 11.9. The van der Waals surface area contributed by atoms with Crippen LogP contribution < -0.4 is 15.8 Å². The molecule has 2 amide bonds. The van der Waals surface area contributed by atoms with Crippen molar-refractivity contribution in [3.8, 4) is 5.75 Å². The van der Waals surface area contributed by atoms with Crippen LogP contribution >= 0.6 is 23.2 Å². The smallest absolute Gasteiger partial charge is 0.242 e. The lowest BCUT2D eigenvalue weighted by molar-refractivity contribution is -0.131. The molecule has 1 aromatic rings. The van der Waals surface area contributed by atoms with E-state index in [1.165, 1.54) is 0 Å². The van der Waals surface area contributed by atoms with Crippen LogP contribution in [-0.4, -0.2) is 49.0 Å². The first-order chi connectivity index (χ1) is 10.5. The number of carbonyl (C=O) groups excluding carboxylic acids is 2. The van der Waals surface area contributed by atoms with E-state index in [4.69, 9.17) is 33.7 Å². The Hall–Kier alpha value is -1.50. The average Bonchev–Trinajstić information content (AvgIpc) is 2.96. The molecule has 1 atom stereocenters. The van der Waals surface area contributed by atoms with Gasteiger partial charge in [-0.1, -0.05) is 23.2 Å². The molecule has 120 valence electrons. The number of likely N-dealkylation sites (tertiary alicyclic amines) is 1. The summed E-state index contributed by atoms with van der Waals surface area (Å²) in [6, 6.07) is 5.05. The molecule has 0 saturated carbocycles. The van der Waals surface area contributed by atoms with E-state index in [-0.39, 0.29) is 31.0 Å². The Kier molecular flexibility index (Phi) is 5.88. The van der Waals surface area contributed by atoms with E-state index < -0.39 is 0 Å². The van der Waals surface area contributed by atoms with E-state index in [1.54, 1.807) is 23.1 Å². The monoisotopic (exact) mass is 345 g/mol. The molecule has 1 heterocycles. The predicted octanol–water partition coefficient (Wildman–Crippen LogP) is 1.05. The number of amides is 2. The number of halogens is 2. The van der Waals surface area contributed by atoms with Crippen LogP contribution in [0.2, 0.25) is 10.0 Å². The van der Waals surface area contributed by atoms with Crippen molar-refractivity contribution in [2.75, 3.05) is 26.2 Å². The quantitative estimate of drug-likeness (QED) is 0.835. The standard InChI is InChI=1S/C14H17Cl2N3O3/c15-11-2-1-9(5-12(11)16)22-10-3-4-19(8-10)14(21)7-18-13(20)6-17/h1-2,5,10H,3-4,6-8,17H2,(H,18,20). The molecule has 6 nitrogen and oxygen atoms in total. The van der Waals surface area contributed by atoms with Crippen LogP contribution in [0.4, 0.5) is 0 Å². The average molecular weight is 346 g/mol. The van der Waals surface area contributed by atoms with Gasteiger partial charge in [-0.05, 0) is 12.1 Å². The summed E-state index contributed by atoms with van der Waals surface area (Å²) < 4.78 is 5.79. The summed E-state index contributed by atoms with van der Waals surface area (Å²) in [5.74, 6) is 0.114. The number of carbonyl (C=O) groups is 2. The van der Waals surface area contributed by atoms with Gasteiger partial charge in [0.1, 0.15) is 11.9 Å². The van der Waals surface area contributed by atoms with Crippen LogP contribution in [-0.2, 0) is 9.59 Å². The molecule has 1 aliphatic rings. The van der Waals surface area contributed by atoms with Crippen molar-refractivity contribution in [2.45, 2.75) is 12.5 Å². The van der Waals surface area contributed by atoms with Gasteiger partial charge in [-0.25, -0.2) is 0 Å². The SMILES string of the molecule is NCC(=O)NCC(=O)N1CCC(Oc2ccc(Cl)c(Cl)c2)C1. The van der Waals surface area contributed by atoms with E-state index in [0.29, 0.717) is 28.9 Å². The van der Waals surface area contributed by atoms with Crippen LogP contribution in [0.25, 0.3) is 0 Å². The van der Waals surface area contributed by atoms with Gasteiger partial charge in [0.2, 0.25) is 11.8 Å². The molecule has 0 aromatic heterocycles. The van der Waals surface area contributed by atoms with Gasteiger partial charge in [0.15, 0.2) is 0 Å². The second-order valence-corrected chi connectivity index (χ2v) is 5.74. The summed E-state index contributed by atoms with van der Waals surface area (Å²) in [6.07, 6.45) is 0.614. The van der Waals surface area contributed by atoms with Gasteiger partial charge in [0.25, 0.3) is 0 Å². The first-order valence-electron chi connectivity index (χ1n) is 6.86. The number of hydrogen-bond acceptors (Lipinski definition) is 4. The third kappa shape index (κ3) is 4.50. The van der Waals surface area contributed by atoms with Gasteiger partial charge in [0, 0.05) is 19.0 Å². The van der Waals surface area contributed by atoms with Crippen molar-refractivity contribution in [2.24, 2.45) is 5.73 Å². The van der Waals surface area contributed by atoms with Gasteiger partial charge >= 0.3 is 0 Å². The molecule has 3 N–H and O–H groups in total. The van der Waals surface area contributed by atoms with E-state index in [2.05, 4.69) is 5.32 Å². The van der Waals surface area contributed by atoms with Crippen LogP contribution in [0.15, 0.2) is 18.2 Å². The Bertz CT molecular complexity index is 568. The van der Waals surface area contributed by atoms with Crippen LogP contribution in [0.1, 0.15) is 6.42 Å². The van der Waals surface area contributed by atoms with Crippen LogP contribution in [0.5, 0.6) is 5.75 Å². The Morgan fingerprint density at radius 3 is 2.82 bits per heavy atom. The summed E-state index contributed by atoms with van der Waals surface area (Å²) in [7, 11) is 0. The zero-order valence-corrected chi connectivity index (χ0v) is 13.4. The van der Waals surface area contributed by atoms with Crippen LogP contribution in [0, 0.1) is 0 Å². The Balaban J connectivity index is 1.83. The molecule has 0 aliphatic carbocycles. The van der Waals surface area contributed by atoms with Crippen molar-refractivity contribution in [1.82, 2.24) is 10.2 Å². The normalized spacial score (nSPS) is 17.4. The summed E-state index contributed by atoms with van der Waals surface area (Å²) >= 11 is 11.8. The van der Waals surface area contributed by atoms with Crippen molar-refractivity contribution < 1.29 is 14.3 Å². The minimum Gasteiger partial charge on any atom is -0.488 e. The first kappa shape index (κ1) is 16.9. The number of ether oxygens (including phenoxy) is 1. The minimum absolute atomic E-state index is 0.0461. The zero-order valence-electron chi connectivity index (χ0n) is 11.9. The Morgan fingerprint density at radius 1 is 1.36 bits per heavy atom. The third-order valence-corrected chi connectivity index (χ3v) is 4.05. The van der Waals surface area contributed by atoms with Gasteiger partial charge in [-0.3, -0.25) is 9.59 Å². The van der Waals surface area contributed by atoms with Crippen molar-refractivity contribution in [3.05, 3.63) is 28.2 Å². The second kappa shape index (κ2) is 7.67. The lowest BCUT2D eigenvalue weighted by Crippen LogP contribution is -2.41. The zero-order chi connectivity index (χ0) is 16.1. The van der Waals surface area contributed by atoms with Crippen LogP contribution in [0.3, 0.4) is 0 Å². The Morgan fingerprint density at radius 2 is 2.14 bits per heavy atom. The molecule has 1 unspecified atom stereocenters. The third-order valence-electron chi connectivity index (χ3n) is 3.31. The molecule has 1 aromatic carbocycles. The van der Waals surface area contributed by atoms with Crippen molar-refractivity contribution in [1.29, 1.82) is 0 Å². The molecule has 22 heavy (non-hydrogen) atoms. The lowest BCUT2D eigenvalue weighted by Gasteiger charge is -2.17. The molecule has 1 saturated heterocycles. The molecular formula is C14H17Cl2N3O3. The number of nitrogens with one attached hydrogen (secondary N) is 1. The van der Waals surface area contributed by atoms with E-state index in [9.17, 15) is 9.59 Å². The van der Waals surface area contributed by atoms with Crippen molar-refractivity contribution >= 4 is 35.0 Å². The predicted molar refractivity (Wildman–Crippen MR) is 84.1 cm³/mol. The van der Waals surface area contributed by atoms with Crippen molar-refractivity contribution in [3.63, 3.8) is 0 Å². The van der Waals surface area contributed by atoms with E-state index >= 15 is 0 Å². The summed E-state index contributed by atoms with van der Waals surface area (Å²) in [5, 5.41) is 3.35. The molecule has 0 spiro atoms. The molecule has 2 rings (SSSR count). The first-order valence-corrected chi connectivity index (χ1v) is 7.61. The van der Waals surface area contributed by atoms with Gasteiger partial charge < -0.3 is 20.7 Å². The Labute approximate surface area is 138 Å². The minimum atomic E-state index is -0.351.